The van der Waals surface area contributed by atoms with Crippen LogP contribution < -0.4 is 15.6 Å². The van der Waals surface area contributed by atoms with Gasteiger partial charge in [0.15, 0.2) is 5.82 Å². The molecule has 0 saturated heterocycles. The topological polar surface area (TPSA) is 97.0 Å². The Labute approximate surface area is 158 Å². The van der Waals surface area contributed by atoms with Crippen LogP contribution >= 0.6 is 0 Å². The lowest BCUT2D eigenvalue weighted by Crippen LogP contribution is -2.32. The first-order valence-electron chi connectivity index (χ1n) is 9.53. The largest absolute Gasteiger partial charge is 0.493 e. The number of aromatic amines is 1. The minimum Gasteiger partial charge on any atom is -0.493 e. The highest BCUT2D eigenvalue weighted by molar-refractivity contribution is 5.76. The van der Waals surface area contributed by atoms with Crippen LogP contribution in [0.4, 0.5) is 0 Å². The zero-order valence-electron chi connectivity index (χ0n) is 15.8. The fourth-order valence-corrected chi connectivity index (χ4v) is 2.57. The molecule has 27 heavy (non-hydrogen) atoms. The third-order valence-corrected chi connectivity index (χ3v) is 4.66. The zero-order valence-corrected chi connectivity index (χ0v) is 15.8. The average Bonchev–Trinajstić information content (AvgIpc) is 3.50. The molecule has 7 heteroatoms. The van der Waals surface area contributed by atoms with E-state index < -0.39 is 0 Å². The number of aryl methyl sites for hydroxylation is 1. The Bertz CT molecular complexity index is 845. The molecule has 144 valence electrons. The molecular formula is C20H26N4O3. The number of carbonyl (C=O) groups is 1. The lowest BCUT2D eigenvalue weighted by molar-refractivity contribution is -0.121. The molecule has 1 aromatic heterocycles. The first-order chi connectivity index (χ1) is 13.0. The lowest BCUT2D eigenvalue weighted by atomic mass is 10.2. The Morgan fingerprint density at radius 1 is 1.37 bits per heavy atom. The average molecular weight is 370 g/mol. The van der Waals surface area contributed by atoms with Gasteiger partial charge in [-0.15, -0.1) is 10.2 Å². The van der Waals surface area contributed by atoms with Crippen LogP contribution in [-0.4, -0.2) is 33.7 Å². The Morgan fingerprint density at radius 3 is 2.89 bits per heavy atom. The predicted octanol–water partition coefficient (Wildman–Crippen LogP) is 2.47. The quantitative estimate of drug-likeness (QED) is 0.707. The molecular weight excluding hydrogens is 344 g/mol. The summed E-state index contributed by atoms with van der Waals surface area (Å²) in [6.07, 6.45) is 3.80. The van der Waals surface area contributed by atoms with E-state index in [1.165, 1.54) is 12.8 Å². The minimum atomic E-state index is -0.319. The van der Waals surface area contributed by atoms with E-state index in [1.54, 1.807) is 0 Å². The second kappa shape index (κ2) is 8.79. The van der Waals surface area contributed by atoms with Crippen molar-refractivity contribution < 1.29 is 9.53 Å². The molecule has 1 aliphatic carbocycles. The van der Waals surface area contributed by atoms with Gasteiger partial charge in [0.2, 0.25) is 5.91 Å². The van der Waals surface area contributed by atoms with Gasteiger partial charge >= 0.3 is 0 Å². The van der Waals surface area contributed by atoms with Crippen molar-refractivity contribution in [1.29, 1.82) is 0 Å². The molecule has 1 heterocycles. The summed E-state index contributed by atoms with van der Waals surface area (Å²) in [6, 6.07) is 7.58. The summed E-state index contributed by atoms with van der Waals surface area (Å²) in [5.74, 6) is 1.73. The summed E-state index contributed by atoms with van der Waals surface area (Å²) in [7, 11) is 0. The Balaban J connectivity index is 1.63. The second-order valence-electron chi connectivity index (χ2n) is 7.11. The van der Waals surface area contributed by atoms with E-state index in [-0.39, 0.29) is 36.0 Å². The van der Waals surface area contributed by atoms with Gasteiger partial charge in [0, 0.05) is 24.4 Å². The third-order valence-electron chi connectivity index (χ3n) is 4.66. The number of H-pyrrole nitrogens is 1. The van der Waals surface area contributed by atoms with E-state index in [0.29, 0.717) is 11.7 Å². The third kappa shape index (κ3) is 5.64. The van der Waals surface area contributed by atoms with Gasteiger partial charge in [0.25, 0.3) is 5.56 Å². The monoisotopic (exact) mass is 370 g/mol. The van der Waals surface area contributed by atoms with Crippen LogP contribution in [0.2, 0.25) is 0 Å². The van der Waals surface area contributed by atoms with Crippen molar-refractivity contribution in [2.45, 2.75) is 52.0 Å². The second-order valence-corrected chi connectivity index (χ2v) is 7.11. The number of carbonyl (C=O) groups excluding carboxylic acids is 1. The van der Waals surface area contributed by atoms with Gasteiger partial charge in [0.05, 0.1) is 6.61 Å². The normalized spacial score (nSPS) is 14.6. The number of rotatable bonds is 9. The van der Waals surface area contributed by atoms with Gasteiger partial charge in [-0.2, -0.15) is 0 Å². The van der Waals surface area contributed by atoms with Crippen LogP contribution in [0.15, 0.2) is 29.1 Å². The first kappa shape index (κ1) is 19.1. The van der Waals surface area contributed by atoms with Crippen molar-refractivity contribution in [3.8, 4) is 17.1 Å². The summed E-state index contributed by atoms with van der Waals surface area (Å²) in [5, 5.41) is 11.0. The van der Waals surface area contributed by atoms with Crippen LogP contribution in [-0.2, 0) is 11.2 Å². The Hall–Kier alpha value is -2.70. The Kier molecular flexibility index (Phi) is 6.21. The molecule has 1 fully saturated rings. The molecule has 3 rings (SSSR count). The maximum Gasteiger partial charge on any atom is 0.273 e. The predicted molar refractivity (Wildman–Crippen MR) is 103 cm³/mol. The smallest absolute Gasteiger partial charge is 0.273 e. The fraction of sp³-hybridized carbons (Fsp3) is 0.500. The number of hydrogen-bond acceptors (Lipinski definition) is 5. The van der Waals surface area contributed by atoms with E-state index in [9.17, 15) is 9.59 Å². The number of nitrogens with one attached hydrogen (secondary N) is 2. The van der Waals surface area contributed by atoms with Crippen molar-refractivity contribution in [3.63, 3.8) is 0 Å². The zero-order chi connectivity index (χ0) is 19.2. The highest BCUT2D eigenvalue weighted by Crippen LogP contribution is 2.30. The molecule has 7 nitrogen and oxygen atoms in total. The van der Waals surface area contributed by atoms with E-state index >= 15 is 0 Å². The number of amides is 1. The summed E-state index contributed by atoms with van der Waals surface area (Å²) in [5.41, 5.74) is 0.689. The van der Waals surface area contributed by atoms with Crippen LogP contribution in [0.25, 0.3) is 11.4 Å². The van der Waals surface area contributed by atoms with E-state index in [2.05, 4.69) is 20.5 Å². The molecule has 1 amide bonds. The summed E-state index contributed by atoms with van der Waals surface area (Å²) < 4.78 is 5.77. The van der Waals surface area contributed by atoms with E-state index in [0.717, 1.165) is 24.3 Å². The highest BCUT2D eigenvalue weighted by Gasteiger charge is 2.22. The maximum atomic E-state index is 12.3. The van der Waals surface area contributed by atoms with Gasteiger partial charge in [-0.1, -0.05) is 19.1 Å². The van der Waals surface area contributed by atoms with Gasteiger partial charge in [0.1, 0.15) is 11.4 Å². The molecule has 1 aromatic carbocycles. The summed E-state index contributed by atoms with van der Waals surface area (Å²) >= 11 is 0. The SMILES string of the molecule is CC[C@@H](C)NC(=O)CCc1nnc(-c2cccc(OCC3CC3)c2)[nH]c1=O. The summed E-state index contributed by atoms with van der Waals surface area (Å²) in [6.45, 7) is 4.68. The van der Waals surface area contributed by atoms with Crippen molar-refractivity contribution in [2.75, 3.05) is 6.61 Å². The minimum absolute atomic E-state index is 0.0878. The number of nitrogens with zero attached hydrogens (tertiary/aromatic N) is 2. The number of aromatic nitrogens is 3. The number of hydrogen-bond donors (Lipinski definition) is 2. The van der Waals surface area contributed by atoms with E-state index in [4.69, 9.17) is 4.74 Å². The van der Waals surface area contributed by atoms with E-state index in [1.807, 2.05) is 38.1 Å². The molecule has 0 unspecified atom stereocenters. The van der Waals surface area contributed by atoms with Crippen molar-refractivity contribution in [1.82, 2.24) is 20.5 Å². The number of ether oxygens (including phenoxy) is 1. The van der Waals surface area contributed by atoms with Gasteiger partial charge < -0.3 is 15.0 Å². The van der Waals surface area contributed by atoms with Crippen molar-refractivity contribution >= 4 is 5.91 Å². The molecule has 2 aromatic rings. The molecule has 0 aliphatic heterocycles. The van der Waals surface area contributed by atoms with Crippen LogP contribution in [0, 0.1) is 5.92 Å². The van der Waals surface area contributed by atoms with Gasteiger partial charge in [-0.25, -0.2) is 0 Å². The molecule has 0 radical (unpaired) electrons. The number of benzene rings is 1. The van der Waals surface area contributed by atoms with Crippen molar-refractivity contribution in [2.24, 2.45) is 5.92 Å². The molecule has 0 spiro atoms. The maximum absolute atomic E-state index is 12.3. The Morgan fingerprint density at radius 2 is 2.19 bits per heavy atom. The van der Waals surface area contributed by atoms with Crippen LogP contribution in [0.3, 0.4) is 0 Å². The van der Waals surface area contributed by atoms with Crippen molar-refractivity contribution in [3.05, 3.63) is 40.3 Å². The molecule has 2 N–H and O–H groups in total. The molecule has 1 saturated carbocycles. The molecule has 0 bridgehead atoms. The standard InChI is InChI=1S/C20H26N4O3/c1-3-13(2)21-18(25)10-9-17-20(26)22-19(24-23-17)15-5-4-6-16(11-15)27-12-14-7-8-14/h4-6,11,13-14H,3,7-10,12H2,1-2H3,(H,21,25)(H,22,24,26)/t13-/m1/s1. The van der Waals surface area contributed by atoms with Gasteiger partial charge in [-0.05, 0) is 44.2 Å². The molecule has 1 aliphatic rings. The highest BCUT2D eigenvalue weighted by atomic mass is 16.5. The lowest BCUT2D eigenvalue weighted by Gasteiger charge is -2.10. The van der Waals surface area contributed by atoms with Crippen LogP contribution in [0.5, 0.6) is 5.75 Å². The van der Waals surface area contributed by atoms with Crippen LogP contribution in [0.1, 0.15) is 45.2 Å². The van der Waals surface area contributed by atoms with Gasteiger partial charge in [-0.3, -0.25) is 9.59 Å². The fourth-order valence-electron chi connectivity index (χ4n) is 2.57. The summed E-state index contributed by atoms with van der Waals surface area (Å²) in [4.78, 5) is 26.9. The first-order valence-corrected chi connectivity index (χ1v) is 9.53. The molecule has 1 atom stereocenters.